The predicted octanol–water partition coefficient (Wildman–Crippen LogP) is 4.66. The lowest BCUT2D eigenvalue weighted by molar-refractivity contribution is -0.132. The van der Waals surface area contributed by atoms with Crippen molar-refractivity contribution in [2.45, 2.75) is 53.4 Å². The molecule has 7 heteroatoms. The topological polar surface area (TPSA) is 67.2 Å². The molecule has 0 aliphatic rings. The van der Waals surface area contributed by atoms with E-state index >= 15 is 0 Å². The summed E-state index contributed by atoms with van der Waals surface area (Å²) in [5.74, 6) is 0.664. The van der Waals surface area contributed by atoms with E-state index in [1.54, 1.807) is 21.7 Å². The minimum Gasteiger partial charge on any atom is -0.334 e. The van der Waals surface area contributed by atoms with Gasteiger partial charge in [0.2, 0.25) is 11.8 Å². The van der Waals surface area contributed by atoms with E-state index in [0.29, 0.717) is 23.3 Å². The third-order valence-corrected chi connectivity index (χ3v) is 4.82. The van der Waals surface area contributed by atoms with Gasteiger partial charge in [-0.15, -0.1) is 0 Å². The Balaban J connectivity index is 2.25. The number of benzene rings is 1. The Morgan fingerprint density at radius 2 is 1.83 bits per heavy atom. The quantitative estimate of drug-likeness (QED) is 0.711. The van der Waals surface area contributed by atoms with Crippen molar-refractivity contribution in [3.05, 3.63) is 41.0 Å². The number of anilines is 1. The monoisotopic (exact) mass is 418 g/mol. The van der Waals surface area contributed by atoms with Crippen LogP contribution in [0.25, 0.3) is 5.69 Å². The number of carbonyl (C=O) groups excluding carboxylic acids is 2. The SMILES string of the molecule is CC(=O)N(CCC(C)C)CC(=O)Nc1cc(C(C)(C)C)nn1-c1ccc(Cl)cc1. The van der Waals surface area contributed by atoms with Crippen molar-refractivity contribution in [2.75, 3.05) is 18.4 Å². The zero-order chi connectivity index (χ0) is 21.8. The van der Waals surface area contributed by atoms with E-state index in [1.165, 1.54) is 6.92 Å². The highest BCUT2D eigenvalue weighted by Crippen LogP contribution is 2.26. The van der Waals surface area contributed by atoms with Crippen LogP contribution in [0.4, 0.5) is 5.82 Å². The average molecular weight is 419 g/mol. The number of carbonyl (C=O) groups is 2. The van der Waals surface area contributed by atoms with Crippen molar-refractivity contribution in [3.8, 4) is 5.69 Å². The third kappa shape index (κ3) is 6.60. The lowest BCUT2D eigenvalue weighted by Gasteiger charge is -2.21. The first kappa shape index (κ1) is 22.9. The van der Waals surface area contributed by atoms with Crippen molar-refractivity contribution in [2.24, 2.45) is 5.92 Å². The van der Waals surface area contributed by atoms with Crippen molar-refractivity contribution in [3.63, 3.8) is 0 Å². The average Bonchev–Trinajstić information content (AvgIpc) is 3.03. The first-order valence-electron chi connectivity index (χ1n) is 9.89. The van der Waals surface area contributed by atoms with Gasteiger partial charge in [0.15, 0.2) is 0 Å². The molecule has 29 heavy (non-hydrogen) atoms. The van der Waals surface area contributed by atoms with Crippen molar-refractivity contribution >= 4 is 29.2 Å². The second-order valence-corrected chi connectivity index (χ2v) is 9.16. The van der Waals surface area contributed by atoms with Gasteiger partial charge in [-0.3, -0.25) is 9.59 Å². The summed E-state index contributed by atoms with van der Waals surface area (Å²) in [5.41, 5.74) is 1.47. The van der Waals surface area contributed by atoms with E-state index in [-0.39, 0.29) is 23.8 Å². The molecule has 158 valence electrons. The molecule has 0 unspecified atom stereocenters. The van der Waals surface area contributed by atoms with Gasteiger partial charge in [0.25, 0.3) is 0 Å². The highest BCUT2D eigenvalue weighted by Gasteiger charge is 2.22. The van der Waals surface area contributed by atoms with Gasteiger partial charge < -0.3 is 10.2 Å². The van der Waals surface area contributed by atoms with Crippen LogP contribution in [-0.4, -0.2) is 39.6 Å². The van der Waals surface area contributed by atoms with Gasteiger partial charge in [0, 0.05) is 30.0 Å². The fourth-order valence-corrected chi connectivity index (χ4v) is 2.86. The molecule has 1 aromatic heterocycles. The van der Waals surface area contributed by atoms with Crippen LogP contribution in [0.3, 0.4) is 0 Å². The molecule has 6 nitrogen and oxygen atoms in total. The molecule has 0 bridgehead atoms. The summed E-state index contributed by atoms with van der Waals surface area (Å²) in [4.78, 5) is 26.2. The molecule has 0 aliphatic carbocycles. The van der Waals surface area contributed by atoms with Crippen molar-refractivity contribution in [1.29, 1.82) is 0 Å². The lowest BCUT2D eigenvalue weighted by Crippen LogP contribution is -2.37. The Hall–Kier alpha value is -2.34. The second-order valence-electron chi connectivity index (χ2n) is 8.72. The number of aromatic nitrogens is 2. The fraction of sp³-hybridized carbons (Fsp3) is 0.500. The molecular formula is C22H31ClN4O2. The van der Waals surface area contributed by atoms with Crippen LogP contribution in [0.15, 0.2) is 30.3 Å². The molecule has 2 rings (SSSR count). The summed E-state index contributed by atoms with van der Waals surface area (Å²) in [6, 6.07) is 9.14. The smallest absolute Gasteiger partial charge is 0.245 e. The number of nitrogens with zero attached hydrogens (tertiary/aromatic N) is 3. The predicted molar refractivity (Wildman–Crippen MR) is 118 cm³/mol. The van der Waals surface area contributed by atoms with Crippen LogP contribution in [0.5, 0.6) is 0 Å². The Morgan fingerprint density at radius 3 is 2.34 bits per heavy atom. The lowest BCUT2D eigenvalue weighted by atomic mass is 9.92. The maximum atomic E-state index is 12.7. The Morgan fingerprint density at radius 1 is 1.21 bits per heavy atom. The first-order valence-corrected chi connectivity index (χ1v) is 10.3. The highest BCUT2D eigenvalue weighted by atomic mass is 35.5. The van der Waals surface area contributed by atoms with E-state index in [9.17, 15) is 9.59 Å². The molecule has 2 amide bonds. The Kier molecular flexibility index (Phi) is 7.47. The molecule has 0 radical (unpaired) electrons. The molecule has 1 heterocycles. The van der Waals surface area contributed by atoms with Crippen LogP contribution in [0.2, 0.25) is 5.02 Å². The number of nitrogens with one attached hydrogen (secondary N) is 1. The van der Waals surface area contributed by atoms with Gasteiger partial charge in [-0.2, -0.15) is 5.10 Å². The largest absolute Gasteiger partial charge is 0.334 e. The van der Waals surface area contributed by atoms with E-state index in [1.807, 2.05) is 18.2 Å². The molecule has 0 saturated heterocycles. The van der Waals surface area contributed by atoms with Gasteiger partial charge >= 0.3 is 0 Å². The van der Waals surface area contributed by atoms with E-state index in [0.717, 1.165) is 17.8 Å². The molecular weight excluding hydrogens is 388 g/mol. The molecule has 0 aliphatic heterocycles. The van der Waals surface area contributed by atoms with Gasteiger partial charge in [-0.25, -0.2) is 4.68 Å². The zero-order valence-corrected chi connectivity index (χ0v) is 18.9. The number of amides is 2. The summed E-state index contributed by atoms with van der Waals surface area (Å²) in [5, 5.41) is 8.24. The zero-order valence-electron chi connectivity index (χ0n) is 18.1. The summed E-state index contributed by atoms with van der Waals surface area (Å²) in [7, 11) is 0. The van der Waals surface area contributed by atoms with Crippen LogP contribution >= 0.6 is 11.6 Å². The van der Waals surface area contributed by atoms with Crippen LogP contribution in [-0.2, 0) is 15.0 Å². The van der Waals surface area contributed by atoms with E-state index in [2.05, 4.69) is 45.0 Å². The number of rotatable bonds is 7. The summed E-state index contributed by atoms with van der Waals surface area (Å²) >= 11 is 6.00. The summed E-state index contributed by atoms with van der Waals surface area (Å²) < 4.78 is 1.70. The van der Waals surface area contributed by atoms with E-state index in [4.69, 9.17) is 11.6 Å². The number of hydrogen-bond donors (Lipinski definition) is 1. The van der Waals surface area contributed by atoms with Crippen LogP contribution in [0.1, 0.15) is 53.7 Å². The van der Waals surface area contributed by atoms with Gasteiger partial charge in [0.05, 0.1) is 17.9 Å². The molecule has 1 aromatic carbocycles. The number of hydrogen-bond acceptors (Lipinski definition) is 3. The van der Waals surface area contributed by atoms with Crippen molar-refractivity contribution < 1.29 is 9.59 Å². The van der Waals surface area contributed by atoms with Gasteiger partial charge in [-0.1, -0.05) is 46.2 Å². The minimum absolute atomic E-state index is 0.0126. The maximum Gasteiger partial charge on any atom is 0.245 e. The van der Waals surface area contributed by atoms with Gasteiger partial charge in [-0.05, 0) is 36.6 Å². The van der Waals surface area contributed by atoms with Crippen LogP contribution < -0.4 is 5.32 Å². The standard InChI is InChI=1S/C22H31ClN4O2/c1-15(2)11-12-26(16(3)28)14-21(29)24-20-13-19(22(4,5)6)25-27(20)18-9-7-17(23)8-10-18/h7-10,13,15H,11-12,14H2,1-6H3,(H,24,29). The van der Waals surface area contributed by atoms with Gasteiger partial charge in [0.1, 0.15) is 5.82 Å². The summed E-state index contributed by atoms with van der Waals surface area (Å²) in [6.07, 6.45) is 0.851. The normalized spacial score (nSPS) is 11.6. The highest BCUT2D eigenvalue weighted by molar-refractivity contribution is 6.30. The molecule has 0 saturated carbocycles. The molecule has 0 spiro atoms. The minimum atomic E-state index is -0.250. The Bertz CT molecular complexity index is 851. The van der Waals surface area contributed by atoms with E-state index < -0.39 is 0 Å². The first-order chi connectivity index (χ1) is 13.5. The molecule has 1 N–H and O–H groups in total. The molecule has 0 fully saturated rings. The fourth-order valence-electron chi connectivity index (χ4n) is 2.73. The number of halogens is 1. The van der Waals surface area contributed by atoms with Crippen molar-refractivity contribution in [1.82, 2.24) is 14.7 Å². The second kappa shape index (κ2) is 9.44. The summed E-state index contributed by atoms with van der Waals surface area (Å²) in [6.45, 7) is 12.4. The Labute approximate surface area is 178 Å². The maximum absolute atomic E-state index is 12.7. The van der Waals surface area contributed by atoms with Crippen LogP contribution in [0, 0.1) is 5.92 Å². The molecule has 0 atom stereocenters. The molecule has 2 aromatic rings. The third-order valence-electron chi connectivity index (χ3n) is 4.57.